The molecule has 18 heavy (non-hydrogen) atoms. The Morgan fingerprint density at radius 2 is 1.94 bits per heavy atom. The number of carbonyl (C=O) groups is 2. The maximum Gasteiger partial charge on any atom is 0.338 e. The molecular formula is C13H17NO4. The molecule has 1 rings (SSSR count). The molecule has 0 spiro atoms. The Hall–Kier alpha value is -1.88. The fourth-order valence-electron chi connectivity index (χ4n) is 1.77. The van der Waals surface area contributed by atoms with Gasteiger partial charge in [-0.1, -0.05) is 6.07 Å². The van der Waals surface area contributed by atoms with Crippen LogP contribution in [0.25, 0.3) is 0 Å². The Bertz CT molecular complexity index is 482. The largest absolute Gasteiger partial charge is 0.480 e. The standard InChI is InChI=1S/C13H17NO4/c1-7-4-8(2)10(13(17)18-3)5-9(7)6-11(14)12(15)16/h4-5,11H,6,14H2,1-3H3,(H,15,16). The summed E-state index contributed by atoms with van der Waals surface area (Å²) in [7, 11) is 1.31. The average molecular weight is 251 g/mol. The van der Waals surface area contributed by atoms with Gasteiger partial charge in [0.05, 0.1) is 12.7 Å². The van der Waals surface area contributed by atoms with E-state index in [1.165, 1.54) is 7.11 Å². The Kier molecular flexibility index (Phi) is 4.44. The Balaban J connectivity index is 3.13. The Labute approximate surface area is 106 Å². The number of methoxy groups -OCH3 is 1. The minimum Gasteiger partial charge on any atom is -0.480 e. The molecule has 1 aromatic carbocycles. The van der Waals surface area contributed by atoms with Gasteiger partial charge in [-0.2, -0.15) is 0 Å². The summed E-state index contributed by atoms with van der Waals surface area (Å²) in [4.78, 5) is 22.3. The molecule has 0 amide bonds. The molecule has 1 unspecified atom stereocenters. The minimum atomic E-state index is -1.06. The normalized spacial score (nSPS) is 12.0. The van der Waals surface area contributed by atoms with E-state index in [2.05, 4.69) is 4.74 Å². The number of carboxylic acid groups (broad SMARTS) is 1. The van der Waals surface area contributed by atoms with Gasteiger partial charge in [0.1, 0.15) is 6.04 Å². The van der Waals surface area contributed by atoms with Crippen LogP contribution in [0, 0.1) is 13.8 Å². The molecule has 0 aliphatic heterocycles. The predicted molar refractivity (Wildman–Crippen MR) is 66.6 cm³/mol. The van der Waals surface area contributed by atoms with Crippen LogP contribution in [-0.4, -0.2) is 30.2 Å². The van der Waals surface area contributed by atoms with Crippen molar-refractivity contribution >= 4 is 11.9 Å². The summed E-state index contributed by atoms with van der Waals surface area (Å²) >= 11 is 0. The molecule has 0 saturated heterocycles. The molecule has 0 aromatic heterocycles. The van der Waals surface area contributed by atoms with E-state index >= 15 is 0 Å². The number of nitrogens with two attached hydrogens (primary N) is 1. The Morgan fingerprint density at radius 3 is 2.44 bits per heavy atom. The van der Waals surface area contributed by atoms with E-state index in [0.717, 1.165) is 16.7 Å². The molecule has 0 fully saturated rings. The molecule has 1 atom stereocenters. The third-order valence-electron chi connectivity index (χ3n) is 2.85. The zero-order valence-corrected chi connectivity index (χ0v) is 10.7. The first kappa shape index (κ1) is 14.2. The highest BCUT2D eigenvalue weighted by atomic mass is 16.5. The summed E-state index contributed by atoms with van der Waals surface area (Å²) < 4.78 is 4.68. The van der Waals surface area contributed by atoms with Gasteiger partial charge in [0.15, 0.2) is 0 Å². The SMILES string of the molecule is COC(=O)c1cc(CC(N)C(=O)O)c(C)cc1C. The lowest BCUT2D eigenvalue weighted by molar-refractivity contribution is -0.138. The summed E-state index contributed by atoms with van der Waals surface area (Å²) in [6.07, 6.45) is 0.186. The predicted octanol–water partition coefficient (Wildman–Crippen LogP) is 1.04. The lowest BCUT2D eigenvalue weighted by Crippen LogP contribution is -2.32. The molecule has 0 heterocycles. The molecule has 5 heteroatoms. The first-order valence-corrected chi connectivity index (χ1v) is 5.53. The number of aliphatic carboxylic acids is 1. The van der Waals surface area contributed by atoms with Crippen molar-refractivity contribution in [3.63, 3.8) is 0 Å². The molecular weight excluding hydrogens is 234 g/mol. The lowest BCUT2D eigenvalue weighted by Gasteiger charge is -2.13. The van der Waals surface area contributed by atoms with Crippen LogP contribution in [0.4, 0.5) is 0 Å². The van der Waals surface area contributed by atoms with E-state index in [1.54, 1.807) is 13.0 Å². The first-order valence-electron chi connectivity index (χ1n) is 5.53. The molecule has 0 radical (unpaired) electrons. The van der Waals surface area contributed by atoms with Crippen LogP contribution in [0.5, 0.6) is 0 Å². The van der Waals surface area contributed by atoms with Crippen LogP contribution in [0.15, 0.2) is 12.1 Å². The van der Waals surface area contributed by atoms with E-state index in [1.807, 2.05) is 13.0 Å². The number of hydrogen-bond acceptors (Lipinski definition) is 4. The lowest BCUT2D eigenvalue weighted by atomic mass is 9.95. The number of carbonyl (C=O) groups excluding carboxylic acids is 1. The molecule has 5 nitrogen and oxygen atoms in total. The van der Waals surface area contributed by atoms with E-state index in [-0.39, 0.29) is 6.42 Å². The molecule has 1 aromatic rings. The van der Waals surface area contributed by atoms with Crippen LogP contribution in [0.2, 0.25) is 0 Å². The summed E-state index contributed by atoms with van der Waals surface area (Å²) in [5.74, 6) is -1.49. The van der Waals surface area contributed by atoms with Gasteiger partial charge in [-0.05, 0) is 43.0 Å². The number of esters is 1. The van der Waals surface area contributed by atoms with Gasteiger partial charge >= 0.3 is 11.9 Å². The van der Waals surface area contributed by atoms with Gasteiger partial charge in [0.25, 0.3) is 0 Å². The third kappa shape index (κ3) is 3.07. The van der Waals surface area contributed by atoms with Crippen molar-refractivity contribution in [3.05, 3.63) is 34.4 Å². The molecule has 0 aliphatic rings. The highest BCUT2D eigenvalue weighted by molar-refractivity contribution is 5.91. The molecule has 0 aliphatic carbocycles. The van der Waals surface area contributed by atoms with Crippen LogP contribution < -0.4 is 5.73 Å². The maximum atomic E-state index is 11.5. The van der Waals surface area contributed by atoms with Crippen LogP contribution in [0.1, 0.15) is 27.0 Å². The van der Waals surface area contributed by atoms with Gasteiger partial charge < -0.3 is 15.6 Å². The average Bonchev–Trinajstić information content (AvgIpc) is 2.31. The fourth-order valence-corrected chi connectivity index (χ4v) is 1.77. The minimum absolute atomic E-state index is 0.186. The van der Waals surface area contributed by atoms with Crippen molar-refractivity contribution in [2.45, 2.75) is 26.3 Å². The number of ether oxygens (including phenoxy) is 1. The van der Waals surface area contributed by atoms with E-state index in [0.29, 0.717) is 5.56 Å². The Morgan fingerprint density at radius 1 is 1.33 bits per heavy atom. The fraction of sp³-hybridized carbons (Fsp3) is 0.385. The van der Waals surface area contributed by atoms with Gasteiger partial charge in [-0.15, -0.1) is 0 Å². The van der Waals surface area contributed by atoms with Crippen molar-refractivity contribution in [2.75, 3.05) is 7.11 Å². The summed E-state index contributed by atoms with van der Waals surface area (Å²) in [5, 5.41) is 8.80. The van der Waals surface area contributed by atoms with E-state index < -0.39 is 18.0 Å². The second-order valence-electron chi connectivity index (χ2n) is 4.23. The van der Waals surface area contributed by atoms with Crippen LogP contribution in [0.3, 0.4) is 0 Å². The number of rotatable bonds is 4. The monoisotopic (exact) mass is 251 g/mol. The van der Waals surface area contributed by atoms with Crippen LogP contribution in [-0.2, 0) is 16.0 Å². The second kappa shape index (κ2) is 5.64. The van der Waals surface area contributed by atoms with Crippen molar-refractivity contribution in [2.24, 2.45) is 5.73 Å². The molecule has 98 valence electrons. The second-order valence-corrected chi connectivity index (χ2v) is 4.23. The van der Waals surface area contributed by atoms with Crippen LogP contribution >= 0.6 is 0 Å². The van der Waals surface area contributed by atoms with E-state index in [4.69, 9.17) is 10.8 Å². The zero-order valence-electron chi connectivity index (χ0n) is 10.7. The molecule has 3 N–H and O–H groups in total. The first-order chi connectivity index (χ1) is 8.36. The quantitative estimate of drug-likeness (QED) is 0.780. The molecule has 0 bridgehead atoms. The van der Waals surface area contributed by atoms with Crippen molar-refractivity contribution < 1.29 is 19.4 Å². The number of hydrogen-bond donors (Lipinski definition) is 2. The van der Waals surface area contributed by atoms with Gasteiger partial charge in [-0.25, -0.2) is 4.79 Å². The summed E-state index contributed by atoms with van der Waals surface area (Å²) in [6.45, 7) is 3.66. The zero-order chi connectivity index (χ0) is 13.9. The van der Waals surface area contributed by atoms with Crippen molar-refractivity contribution in [1.29, 1.82) is 0 Å². The van der Waals surface area contributed by atoms with Crippen molar-refractivity contribution in [3.8, 4) is 0 Å². The maximum absolute atomic E-state index is 11.5. The number of aryl methyl sites for hydroxylation is 2. The van der Waals surface area contributed by atoms with Crippen molar-refractivity contribution in [1.82, 2.24) is 0 Å². The van der Waals surface area contributed by atoms with E-state index in [9.17, 15) is 9.59 Å². The smallest absolute Gasteiger partial charge is 0.338 e. The van der Waals surface area contributed by atoms with Gasteiger partial charge in [0, 0.05) is 0 Å². The van der Waals surface area contributed by atoms with Gasteiger partial charge in [0.2, 0.25) is 0 Å². The number of carboxylic acids is 1. The third-order valence-corrected chi connectivity index (χ3v) is 2.85. The summed E-state index contributed by atoms with van der Waals surface area (Å²) in [5.41, 5.74) is 8.40. The molecule has 0 saturated carbocycles. The topological polar surface area (TPSA) is 89.6 Å². The van der Waals surface area contributed by atoms with Gasteiger partial charge in [-0.3, -0.25) is 4.79 Å². The number of benzene rings is 1. The summed E-state index contributed by atoms with van der Waals surface area (Å²) in [6, 6.07) is 2.51. The highest BCUT2D eigenvalue weighted by Crippen LogP contribution is 2.18. The highest BCUT2D eigenvalue weighted by Gasteiger charge is 2.17.